The van der Waals surface area contributed by atoms with Crippen molar-refractivity contribution < 1.29 is 5.11 Å². The van der Waals surface area contributed by atoms with Gasteiger partial charge in [0.2, 0.25) is 0 Å². The van der Waals surface area contributed by atoms with Gasteiger partial charge < -0.3 is 10.8 Å². The van der Waals surface area contributed by atoms with Gasteiger partial charge in [0.25, 0.3) is 0 Å². The third-order valence-corrected chi connectivity index (χ3v) is 2.88. The Hall–Kier alpha value is -0.860. The standard InChI is InChI=1S/C12H19NO/c1-9(2)12(14,8-13)11-7-5-4-6-10(11)3/h4-7,9,14H,8,13H2,1-3H3. The monoisotopic (exact) mass is 193 g/mol. The maximum Gasteiger partial charge on any atom is 0.104 e. The average molecular weight is 193 g/mol. The van der Waals surface area contributed by atoms with E-state index in [1.807, 2.05) is 45.0 Å². The first kappa shape index (κ1) is 11.2. The molecule has 78 valence electrons. The van der Waals surface area contributed by atoms with Crippen LogP contribution in [-0.2, 0) is 5.60 Å². The summed E-state index contributed by atoms with van der Waals surface area (Å²) in [5, 5.41) is 10.4. The van der Waals surface area contributed by atoms with Crippen LogP contribution >= 0.6 is 0 Å². The smallest absolute Gasteiger partial charge is 0.104 e. The van der Waals surface area contributed by atoms with Gasteiger partial charge in [-0.15, -0.1) is 0 Å². The van der Waals surface area contributed by atoms with Crippen LogP contribution in [0.1, 0.15) is 25.0 Å². The van der Waals surface area contributed by atoms with Gasteiger partial charge in [0.1, 0.15) is 5.60 Å². The number of hydrogen-bond acceptors (Lipinski definition) is 2. The van der Waals surface area contributed by atoms with Crippen molar-refractivity contribution in [3.05, 3.63) is 35.4 Å². The van der Waals surface area contributed by atoms with Gasteiger partial charge in [-0.25, -0.2) is 0 Å². The van der Waals surface area contributed by atoms with Crippen molar-refractivity contribution in [2.75, 3.05) is 6.54 Å². The molecule has 0 aliphatic carbocycles. The summed E-state index contributed by atoms with van der Waals surface area (Å²) in [7, 11) is 0. The molecule has 0 saturated heterocycles. The summed E-state index contributed by atoms with van der Waals surface area (Å²) >= 11 is 0. The van der Waals surface area contributed by atoms with E-state index in [2.05, 4.69) is 0 Å². The summed E-state index contributed by atoms with van der Waals surface area (Å²) in [6.45, 7) is 6.23. The molecule has 0 heterocycles. The van der Waals surface area contributed by atoms with Crippen LogP contribution in [0.3, 0.4) is 0 Å². The fourth-order valence-electron chi connectivity index (χ4n) is 1.72. The SMILES string of the molecule is Cc1ccccc1C(O)(CN)C(C)C. The molecule has 0 spiro atoms. The Bertz CT molecular complexity index is 309. The Kier molecular flexibility index (Phi) is 3.29. The fourth-order valence-corrected chi connectivity index (χ4v) is 1.72. The molecule has 1 rings (SSSR count). The first-order valence-electron chi connectivity index (χ1n) is 5.01. The van der Waals surface area contributed by atoms with Crippen LogP contribution in [0.5, 0.6) is 0 Å². The van der Waals surface area contributed by atoms with Crippen molar-refractivity contribution in [3.63, 3.8) is 0 Å². The van der Waals surface area contributed by atoms with E-state index in [1.165, 1.54) is 0 Å². The zero-order valence-corrected chi connectivity index (χ0v) is 9.12. The number of aryl methyl sites for hydroxylation is 1. The second-order valence-electron chi connectivity index (χ2n) is 4.10. The maximum absolute atomic E-state index is 10.4. The third kappa shape index (κ3) is 1.81. The van der Waals surface area contributed by atoms with Crippen LogP contribution in [0.15, 0.2) is 24.3 Å². The van der Waals surface area contributed by atoms with Crippen molar-refractivity contribution in [1.29, 1.82) is 0 Å². The highest BCUT2D eigenvalue weighted by molar-refractivity contribution is 5.32. The van der Waals surface area contributed by atoms with Gasteiger partial charge in [0.05, 0.1) is 0 Å². The lowest BCUT2D eigenvalue weighted by Gasteiger charge is -2.32. The van der Waals surface area contributed by atoms with Crippen LogP contribution in [-0.4, -0.2) is 11.7 Å². The summed E-state index contributed by atoms with van der Waals surface area (Å²) in [4.78, 5) is 0. The quantitative estimate of drug-likeness (QED) is 0.769. The van der Waals surface area contributed by atoms with E-state index in [1.54, 1.807) is 0 Å². The Morgan fingerprint density at radius 1 is 1.36 bits per heavy atom. The minimum atomic E-state index is -0.897. The molecule has 1 unspecified atom stereocenters. The van der Waals surface area contributed by atoms with Crippen molar-refractivity contribution in [2.24, 2.45) is 11.7 Å². The molecule has 0 amide bonds. The first-order chi connectivity index (χ1) is 6.52. The van der Waals surface area contributed by atoms with E-state index in [4.69, 9.17) is 5.73 Å². The minimum absolute atomic E-state index is 0.119. The van der Waals surface area contributed by atoms with Gasteiger partial charge in [0.15, 0.2) is 0 Å². The molecular formula is C12H19NO. The van der Waals surface area contributed by atoms with Gasteiger partial charge in [-0.1, -0.05) is 38.1 Å². The summed E-state index contributed by atoms with van der Waals surface area (Å²) in [5.74, 6) is 0.119. The maximum atomic E-state index is 10.4. The lowest BCUT2D eigenvalue weighted by Crippen LogP contribution is -2.40. The van der Waals surface area contributed by atoms with E-state index in [0.717, 1.165) is 11.1 Å². The van der Waals surface area contributed by atoms with E-state index >= 15 is 0 Å². The van der Waals surface area contributed by atoms with Gasteiger partial charge >= 0.3 is 0 Å². The Morgan fingerprint density at radius 2 is 1.93 bits per heavy atom. The fraction of sp³-hybridized carbons (Fsp3) is 0.500. The first-order valence-corrected chi connectivity index (χ1v) is 5.01. The van der Waals surface area contributed by atoms with Crippen molar-refractivity contribution >= 4 is 0 Å². The van der Waals surface area contributed by atoms with Gasteiger partial charge in [0, 0.05) is 6.54 Å². The summed E-state index contributed by atoms with van der Waals surface area (Å²) < 4.78 is 0. The summed E-state index contributed by atoms with van der Waals surface area (Å²) in [6, 6.07) is 7.85. The zero-order chi connectivity index (χ0) is 10.8. The van der Waals surface area contributed by atoms with E-state index in [0.29, 0.717) is 0 Å². The number of benzene rings is 1. The lowest BCUT2D eigenvalue weighted by atomic mass is 9.81. The Morgan fingerprint density at radius 3 is 2.36 bits per heavy atom. The zero-order valence-electron chi connectivity index (χ0n) is 9.12. The van der Waals surface area contributed by atoms with Gasteiger partial charge in [-0.05, 0) is 24.0 Å². The van der Waals surface area contributed by atoms with Crippen LogP contribution in [0, 0.1) is 12.8 Å². The number of hydrogen-bond donors (Lipinski definition) is 2. The van der Waals surface area contributed by atoms with Crippen LogP contribution in [0.4, 0.5) is 0 Å². The molecule has 14 heavy (non-hydrogen) atoms. The summed E-state index contributed by atoms with van der Waals surface area (Å²) in [6.07, 6.45) is 0. The lowest BCUT2D eigenvalue weighted by molar-refractivity contribution is -0.00170. The largest absolute Gasteiger partial charge is 0.384 e. The van der Waals surface area contributed by atoms with Crippen LogP contribution in [0.25, 0.3) is 0 Å². The molecule has 0 bridgehead atoms. The number of aliphatic hydroxyl groups is 1. The molecule has 0 aliphatic rings. The molecule has 0 saturated carbocycles. The molecule has 3 N–H and O–H groups in total. The second-order valence-corrected chi connectivity index (χ2v) is 4.10. The van der Waals surface area contributed by atoms with Crippen molar-refractivity contribution in [2.45, 2.75) is 26.4 Å². The predicted octanol–water partition coefficient (Wildman–Crippen LogP) is 1.80. The van der Waals surface area contributed by atoms with E-state index in [-0.39, 0.29) is 12.5 Å². The number of nitrogens with two attached hydrogens (primary N) is 1. The molecule has 0 aliphatic heterocycles. The second kappa shape index (κ2) is 4.11. The highest BCUT2D eigenvalue weighted by Gasteiger charge is 2.32. The van der Waals surface area contributed by atoms with E-state index in [9.17, 15) is 5.11 Å². The molecular weight excluding hydrogens is 174 g/mol. The molecule has 0 aromatic heterocycles. The Balaban J connectivity index is 3.19. The summed E-state index contributed by atoms with van der Waals surface area (Å²) in [5.41, 5.74) is 6.80. The van der Waals surface area contributed by atoms with E-state index < -0.39 is 5.60 Å². The minimum Gasteiger partial charge on any atom is -0.384 e. The molecule has 0 fully saturated rings. The highest BCUT2D eigenvalue weighted by Crippen LogP contribution is 2.30. The normalized spacial score (nSPS) is 15.6. The number of rotatable bonds is 3. The predicted molar refractivity (Wildman–Crippen MR) is 59.0 cm³/mol. The van der Waals surface area contributed by atoms with Crippen molar-refractivity contribution in [3.8, 4) is 0 Å². The molecule has 0 radical (unpaired) electrons. The van der Waals surface area contributed by atoms with Crippen LogP contribution in [0.2, 0.25) is 0 Å². The average Bonchev–Trinajstić information content (AvgIpc) is 2.17. The van der Waals surface area contributed by atoms with Crippen molar-refractivity contribution in [1.82, 2.24) is 0 Å². The molecule has 2 heteroatoms. The van der Waals surface area contributed by atoms with Gasteiger partial charge in [-0.3, -0.25) is 0 Å². The molecule has 2 nitrogen and oxygen atoms in total. The van der Waals surface area contributed by atoms with Crippen LogP contribution < -0.4 is 5.73 Å². The third-order valence-electron chi connectivity index (χ3n) is 2.88. The molecule has 1 aromatic rings. The molecule has 1 atom stereocenters. The Labute approximate surface area is 85.8 Å². The molecule has 1 aromatic carbocycles. The topological polar surface area (TPSA) is 46.2 Å². The highest BCUT2D eigenvalue weighted by atomic mass is 16.3. The van der Waals surface area contributed by atoms with Gasteiger partial charge in [-0.2, -0.15) is 0 Å².